The smallest absolute Gasteiger partial charge is 0.294 e. The summed E-state index contributed by atoms with van der Waals surface area (Å²) in [5.74, 6) is -2.12. The van der Waals surface area contributed by atoms with Crippen molar-refractivity contribution >= 4 is 16.9 Å². The molecule has 1 aromatic carbocycles. The Balaban J connectivity index is 1.54. The molecule has 2 N–H and O–H groups in total. The molecule has 1 aromatic heterocycles. The molecule has 7 nitrogen and oxygen atoms in total. The van der Waals surface area contributed by atoms with Gasteiger partial charge in [0, 0.05) is 19.0 Å². The summed E-state index contributed by atoms with van der Waals surface area (Å²) in [6.45, 7) is 5.66. The van der Waals surface area contributed by atoms with Crippen LogP contribution in [0.15, 0.2) is 6.07 Å². The Morgan fingerprint density at radius 2 is 2.00 bits per heavy atom. The van der Waals surface area contributed by atoms with Gasteiger partial charge in [-0.2, -0.15) is 4.98 Å². The first-order chi connectivity index (χ1) is 13.9. The van der Waals surface area contributed by atoms with Crippen LogP contribution in [-0.2, 0) is 9.53 Å². The maximum absolute atomic E-state index is 14.4. The highest BCUT2D eigenvalue weighted by Gasteiger charge is 2.25. The van der Waals surface area contributed by atoms with Crippen molar-refractivity contribution in [3.8, 4) is 11.8 Å². The van der Waals surface area contributed by atoms with Gasteiger partial charge in [0.2, 0.25) is 5.91 Å². The normalized spacial score (nSPS) is 20.4. The van der Waals surface area contributed by atoms with Crippen LogP contribution in [-0.4, -0.2) is 47.3 Å². The minimum absolute atomic E-state index is 0.00571. The lowest BCUT2D eigenvalue weighted by molar-refractivity contribution is -0.120. The summed E-state index contributed by atoms with van der Waals surface area (Å²) in [6, 6.07) is 1.29. The molecule has 1 saturated carbocycles. The number of halogens is 2. The first-order valence-corrected chi connectivity index (χ1v) is 9.93. The van der Waals surface area contributed by atoms with Crippen molar-refractivity contribution in [2.75, 3.05) is 13.2 Å². The van der Waals surface area contributed by atoms with Crippen LogP contribution in [0.1, 0.15) is 46.5 Å². The molecule has 29 heavy (non-hydrogen) atoms. The standard InChI is InChI=1S/C20H27F2N3O4/c1-4-27-19-15(21)9-16-18(17(19)22)25-20(24-16)29-14-7-5-13(6-8-14)28-10-11(2)23-12(3)26/h9,11,13-14H,4-8,10H2,1-3H3,(H,23,26)(H,24,25)/t11-,13?,14?/m0/s1. The number of hydrogen-bond donors (Lipinski definition) is 2. The van der Waals surface area contributed by atoms with Gasteiger partial charge < -0.3 is 24.5 Å². The maximum Gasteiger partial charge on any atom is 0.294 e. The first-order valence-electron chi connectivity index (χ1n) is 9.93. The Morgan fingerprint density at radius 1 is 1.31 bits per heavy atom. The third-order valence-electron chi connectivity index (χ3n) is 4.83. The molecule has 1 amide bonds. The molecule has 1 heterocycles. The van der Waals surface area contributed by atoms with Gasteiger partial charge in [-0.05, 0) is 39.5 Å². The van der Waals surface area contributed by atoms with Gasteiger partial charge in [0.15, 0.2) is 17.4 Å². The number of amides is 1. The Labute approximate surface area is 168 Å². The minimum Gasteiger partial charge on any atom is -0.488 e. The summed E-state index contributed by atoms with van der Waals surface area (Å²) in [4.78, 5) is 18.0. The van der Waals surface area contributed by atoms with E-state index in [2.05, 4.69) is 15.3 Å². The number of hydrogen-bond acceptors (Lipinski definition) is 5. The van der Waals surface area contributed by atoms with E-state index in [-0.39, 0.29) is 47.8 Å². The molecule has 1 aliphatic rings. The predicted octanol–water partition coefficient (Wildman–Crippen LogP) is 3.47. The molecule has 0 saturated heterocycles. The molecule has 3 rings (SSSR count). The van der Waals surface area contributed by atoms with E-state index in [0.29, 0.717) is 6.61 Å². The van der Waals surface area contributed by atoms with Crippen LogP contribution < -0.4 is 14.8 Å². The van der Waals surface area contributed by atoms with Crippen molar-refractivity contribution in [3.63, 3.8) is 0 Å². The molecule has 0 radical (unpaired) electrons. The molecule has 1 atom stereocenters. The van der Waals surface area contributed by atoms with Crippen LogP contribution in [0.2, 0.25) is 0 Å². The average Bonchev–Trinajstić information content (AvgIpc) is 3.06. The second-order valence-electron chi connectivity index (χ2n) is 7.32. The highest BCUT2D eigenvalue weighted by Crippen LogP contribution is 2.31. The van der Waals surface area contributed by atoms with Crippen molar-refractivity contribution in [1.29, 1.82) is 0 Å². The molecular formula is C20H27F2N3O4. The highest BCUT2D eigenvalue weighted by atomic mass is 19.1. The lowest BCUT2D eigenvalue weighted by Crippen LogP contribution is -2.36. The Morgan fingerprint density at radius 3 is 2.66 bits per heavy atom. The van der Waals surface area contributed by atoms with Gasteiger partial charge in [0.05, 0.1) is 24.8 Å². The van der Waals surface area contributed by atoms with E-state index in [1.165, 1.54) is 6.92 Å². The van der Waals surface area contributed by atoms with Crippen molar-refractivity contribution in [1.82, 2.24) is 15.3 Å². The number of fused-ring (bicyclic) bond motifs is 1. The summed E-state index contributed by atoms with van der Waals surface area (Å²) in [5, 5.41) is 2.79. The van der Waals surface area contributed by atoms with E-state index in [4.69, 9.17) is 14.2 Å². The fourth-order valence-corrected chi connectivity index (χ4v) is 3.52. The topological polar surface area (TPSA) is 85.5 Å². The number of imidazole rings is 1. The van der Waals surface area contributed by atoms with E-state index < -0.39 is 17.4 Å². The van der Waals surface area contributed by atoms with Crippen LogP contribution in [0.5, 0.6) is 11.8 Å². The molecule has 9 heteroatoms. The Hall–Kier alpha value is -2.42. The molecule has 2 aromatic rings. The van der Waals surface area contributed by atoms with Crippen LogP contribution in [0, 0.1) is 11.6 Å². The van der Waals surface area contributed by atoms with Crippen molar-refractivity contribution in [3.05, 3.63) is 17.7 Å². The number of nitrogens with one attached hydrogen (secondary N) is 2. The zero-order chi connectivity index (χ0) is 21.0. The fraction of sp³-hybridized carbons (Fsp3) is 0.600. The summed E-state index contributed by atoms with van der Waals surface area (Å²) in [7, 11) is 0. The van der Waals surface area contributed by atoms with Gasteiger partial charge in [-0.25, -0.2) is 8.78 Å². The molecular weight excluding hydrogens is 384 g/mol. The summed E-state index contributed by atoms with van der Waals surface area (Å²) in [5.41, 5.74) is 0.219. The van der Waals surface area contributed by atoms with Crippen LogP contribution in [0.3, 0.4) is 0 Å². The lowest BCUT2D eigenvalue weighted by atomic mass is 9.95. The van der Waals surface area contributed by atoms with E-state index in [1.807, 2.05) is 6.92 Å². The zero-order valence-electron chi connectivity index (χ0n) is 16.9. The van der Waals surface area contributed by atoms with E-state index in [9.17, 15) is 13.6 Å². The van der Waals surface area contributed by atoms with Crippen molar-refractivity contribution in [2.24, 2.45) is 0 Å². The first kappa shape index (κ1) is 21.3. The molecule has 0 unspecified atom stereocenters. The van der Waals surface area contributed by atoms with Crippen LogP contribution >= 0.6 is 0 Å². The van der Waals surface area contributed by atoms with Gasteiger partial charge in [-0.3, -0.25) is 4.79 Å². The molecule has 1 aliphatic carbocycles. The van der Waals surface area contributed by atoms with Crippen molar-refractivity contribution < 1.29 is 27.8 Å². The SMILES string of the molecule is CCOc1c(F)cc2[nH]c(OC3CCC(OC[C@H](C)NC(C)=O)CC3)nc2c1F. The van der Waals surface area contributed by atoms with Crippen LogP contribution in [0.25, 0.3) is 11.0 Å². The largest absolute Gasteiger partial charge is 0.488 e. The third kappa shape index (κ3) is 5.35. The fourth-order valence-electron chi connectivity index (χ4n) is 3.52. The van der Waals surface area contributed by atoms with E-state index >= 15 is 0 Å². The highest BCUT2D eigenvalue weighted by molar-refractivity contribution is 5.78. The summed E-state index contributed by atoms with van der Waals surface area (Å²) < 4.78 is 45.2. The number of rotatable bonds is 8. The number of nitrogens with zero attached hydrogens (tertiary/aromatic N) is 1. The average molecular weight is 411 g/mol. The van der Waals surface area contributed by atoms with Crippen LogP contribution in [0.4, 0.5) is 8.78 Å². The number of carbonyl (C=O) groups is 1. The second kappa shape index (κ2) is 9.39. The van der Waals surface area contributed by atoms with Gasteiger partial charge in [-0.15, -0.1) is 0 Å². The molecule has 0 bridgehead atoms. The zero-order valence-corrected chi connectivity index (χ0v) is 16.9. The van der Waals surface area contributed by atoms with Gasteiger partial charge in [0.1, 0.15) is 11.6 Å². The Kier molecular flexibility index (Phi) is 6.89. The predicted molar refractivity (Wildman–Crippen MR) is 103 cm³/mol. The summed E-state index contributed by atoms with van der Waals surface area (Å²) in [6.07, 6.45) is 3.18. The number of ether oxygens (including phenoxy) is 3. The van der Waals surface area contributed by atoms with Crippen molar-refractivity contribution in [2.45, 2.75) is 64.7 Å². The molecule has 0 aliphatic heterocycles. The number of aromatic nitrogens is 2. The number of carbonyl (C=O) groups excluding carboxylic acids is 1. The maximum atomic E-state index is 14.4. The second-order valence-corrected chi connectivity index (χ2v) is 7.32. The van der Waals surface area contributed by atoms with Gasteiger partial charge in [0.25, 0.3) is 6.01 Å². The van der Waals surface area contributed by atoms with E-state index in [1.54, 1.807) is 6.92 Å². The number of benzene rings is 1. The lowest BCUT2D eigenvalue weighted by Gasteiger charge is -2.29. The molecule has 160 valence electrons. The summed E-state index contributed by atoms with van der Waals surface area (Å²) >= 11 is 0. The number of aromatic amines is 1. The van der Waals surface area contributed by atoms with E-state index in [0.717, 1.165) is 31.7 Å². The Bertz CT molecular complexity index is 850. The minimum atomic E-state index is -0.835. The van der Waals surface area contributed by atoms with Gasteiger partial charge in [-0.1, -0.05) is 0 Å². The monoisotopic (exact) mass is 411 g/mol. The van der Waals surface area contributed by atoms with Gasteiger partial charge >= 0.3 is 0 Å². The number of H-pyrrole nitrogens is 1. The molecule has 1 fully saturated rings. The quantitative estimate of drug-likeness (QED) is 0.695. The molecule has 0 spiro atoms. The third-order valence-corrected chi connectivity index (χ3v) is 4.83.